The summed E-state index contributed by atoms with van der Waals surface area (Å²) in [6.07, 6.45) is -0.732. The molecule has 0 unspecified atom stereocenters. The molecule has 0 spiro atoms. The van der Waals surface area contributed by atoms with Crippen LogP contribution in [0, 0.1) is 11.8 Å². The van der Waals surface area contributed by atoms with E-state index in [2.05, 4.69) is 10.6 Å². The number of aromatic hydroxyl groups is 1. The molecule has 0 heterocycles. The number of phenolic OH excluding ortho intramolecular Hbond substituents is 1. The number of carbonyl (C=O) groups is 7. The summed E-state index contributed by atoms with van der Waals surface area (Å²) in [4.78, 5) is 95.4. The molecule has 370 valence electrons. The van der Waals surface area contributed by atoms with Gasteiger partial charge in [0.15, 0.2) is 11.6 Å². The van der Waals surface area contributed by atoms with Crippen molar-refractivity contribution in [3.05, 3.63) is 138 Å². The fraction of sp³-hybridized carbons (Fsp3) is 0.426. The zero-order valence-corrected chi connectivity index (χ0v) is 39.6. The van der Waals surface area contributed by atoms with Crippen LogP contribution < -0.4 is 10.6 Å². The minimum atomic E-state index is -1.18. The maximum Gasteiger partial charge on any atom is 0.306 e. The van der Waals surface area contributed by atoms with Crippen LogP contribution in [0.4, 0.5) is 0 Å². The molecule has 0 aromatic heterocycles. The summed E-state index contributed by atoms with van der Waals surface area (Å²) >= 11 is 0. The van der Waals surface area contributed by atoms with E-state index in [1.807, 2.05) is 54.6 Å². The van der Waals surface area contributed by atoms with E-state index >= 15 is 0 Å². The van der Waals surface area contributed by atoms with Crippen molar-refractivity contribution in [1.82, 2.24) is 10.6 Å². The summed E-state index contributed by atoms with van der Waals surface area (Å²) in [6, 6.07) is 31.1. The van der Waals surface area contributed by atoms with Gasteiger partial charge in [-0.15, -0.1) is 0 Å². The van der Waals surface area contributed by atoms with Gasteiger partial charge in [0, 0.05) is 57.7 Å². The second-order valence-corrected chi connectivity index (χ2v) is 16.8. The predicted molar refractivity (Wildman–Crippen MR) is 256 cm³/mol. The van der Waals surface area contributed by atoms with Gasteiger partial charge in [-0.25, -0.2) is 0 Å². The lowest BCUT2D eigenvalue weighted by molar-refractivity contribution is -0.147. The fourth-order valence-corrected chi connectivity index (χ4v) is 7.38. The third-order valence-electron chi connectivity index (χ3n) is 11.2. The maximum atomic E-state index is 14.6. The Hall–Kier alpha value is -6.55. The molecule has 0 aliphatic heterocycles. The molecule has 0 fully saturated rings. The van der Waals surface area contributed by atoms with Gasteiger partial charge in [0.1, 0.15) is 24.7 Å². The van der Waals surface area contributed by atoms with Crippen molar-refractivity contribution in [3.63, 3.8) is 0 Å². The fourth-order valence-electron chi connectivity index (χ4n) is 7.38. The molecular formula is C54H66N2O13. The molecule has 4 aromatic carbocycles. The number of ether oxygens (including phenoxy) is 5. The number of ketones is 3. The summed E-state index contributed by atoms with van der Waals surface area (Å²) in [5, 5.41) is 15.5. The number of rotatable bonds is 34. The van der Waals surface area contributed by atoms with Crippen LogP contribution in [0.25, 0.3) is 0 Å². The number of hydrogen-bond acceptors (Lipinski definition) is 13. The topological polar surface area (TPSA) is 210 Å². The molecule has 0 aliphatic rings. The standard InChI is InChI=1S/C54H66N2O13/c1-39(57)33-45(34-41-20-23-46(58)24-21-41)54(64)56-48(35-40-13-6-3-7-14-40)50(60)36-44(22-26-51(61)68-37-42-15-8-4-9-16-42)53(63)55-47(25-27-52(62)69-38-43-17-10-5-11-18-43)49(59)19-12-28-66-31-32-67-30-29-65-2/h3-11,13-18,20-21,23-24,44-45,47-48,58H,12,19,22,25-38H2,1-2H3,(H,55,63)(H,56,64)/t44-,45+,47-,48-/m1/s1. The highest BCUT2D eigenvalue weighted by atomic mass is 16.5. The maximum absolute atomic E-state index is 14.6. The highest BCUT2D eigenvalue weighted by Crippen LogP contribution is 2.21. The quantitative estimate of drug-likeness (QED) is 0.0343. The Kier molecular flexibility index (Phi) is 25.1. The summed E-state index contributed by atoms with van der Waals surface area (Å²) in [5.74, 6) is -5.57. The molecule has 4 aromatic rings. The van der Waals surface area contributed by atoms with Crippen molar-refractivity contribution >= 4 is 41.1 Å². The number of amides is 2. The van der Waals surface area contributed by atoms with E-state index < -0.39 is 59.9 Å². The van der Waals surface area contributed by atoms with Crippen molar-refractivity contribution < 1.29 is 62.4 Å². The van der Waals surface area contributed by atoms with Gasteiger partial charge in [-0.1, -0.05) is 103 Å². The highest BCUT2D eigenvalue weighted by Gasteiger charge is 2.33. The minimum Gasteiger partial charge on any atom is -0.508 e. The predicted octanol–water partition coefficient (Wildman–Crippen LogP) is 6.39. The van der Waals surface area contributed by atoms with Crippen LogP contribution in [-0.4, -0.2) is 98.4 Å². The van der Waals surface area contributed by atoms with Crippen molar-refractivity contribution in [2.24, 2.45) is 11.8 Å². The number of methoxy groups -OCH3 is 1. The molecule has 0 saturated carbocycles. The van der Waals surface area contributed by atoms with E-state index in [1.165, 1.54) is 19.1 Å². The summed E-state index contributed by atoms with van der Waals surface area (Å²) < 4.78 is 27.0. The first kappa shape index (κ1) is 55.0. The van der Waals surface area contributed by atoms with E-state index in [0.29, 0.717) is 38.4 Å². The van der Waals surface area contributed by atoms with Gasteiger partial charge in [-0.05, 0) is 73.4 Å². The Balaban J connectivity index is 1.55. The lowest BCUT2D eigenvalue weighted by atomic mass is 9.89. The largest absolute Gasteiger partial charge is 0.508 e. The molecule has 4 rings (SSSR count). The Morgan fingerprint density at radius 3 is 1.57 bits per heavy atom. The van der Waals surface area contributed by atoms with Crippen LogP contribution in [0.15, 0.2) is 115 Å². The lowest BCUT2D eigenvalue weighted by Crippen LogP contribution is -2.48. The molecule has 4 atom stereocenters. The van der Waals surface area contributed by atoms with Crippen LogP contribution in [0.5, 0.6) is 5.75 Å². The van der Waals surface area contributed by atoms with Crippen LogP contribution in [0.2, 0.25) is 0 Å². The Bertz CT molecular complexity index is 2190. The van der Waals surface area contributed by atoms with Crippen molar-refractivity contribution in [2.75, 3.05) is 40.1 Å². The monoisotopic (exact) mass is 950 g/mol. The summed E-state index contributed by atoms with van der Waals surface area (Å²) in [6.45, 7) is 3.14. The molecule has 0 radical (unpaired) electrons. The van der Waals surface area contributed by atoms with Crippen LogP contribution in [-0.2, 0) is 83.3 Å². The SMILES string of the molecule is COCCOCCOCCCC(=O)[C@@H](CCC(=O)OCc1ccccc1)NC(=O)[C@H](CCC(=O)OCc1ccccc1)CC(=O)[C@@H](Cc1ccccc1)NC(=O)[C@@H](CC(C)=O)Cc1ccc(O)cc1. The first-order chi connectivity index (χ1) is 33.4. The number of benzene rings is 4. The van der Waals surface area contributed by atoms with Gasteiger partial charge in [-0.2, -0.15) is 0 Å². The minimum absolute atomic E-state index is 0.000700. The van der Waals surface area contributed by atoms with Gasteiger partial charge in [0.05, 0.1) is 38.5 Å². The molecule has 15 heteroatoms. The molecule has 2 amide bonds. The van der Waals surface area contributed by atoms with E-state index in [1.54, 1.807) is 55.6 Å². The van der Waals surface area contributed by atoms with Crippen molar-refractivity contribution in [2.45, 2.75) is 96.4 Å². The molecule has 0 bridgehead atoms. The smallest absolute Gasteiger partial charge is 0.306 e. The number of carbonyl (C=O) groups excluding carboxylic acids is 7. The van der Waals surface area contributed by atoms with Crippen LogP contribution in [0.1, 0.15) is 80.5 Å². The highest BCUT2D eigenvalue weighted by molar-refractivity contribution is 5.95. The van der Waals surface area contributed by atoms with E-state index in [4.69, 9.17) is 23.7 Å². The number of esters is 2. The second kappa shape index (κ2) is 31.5. The van der Waals surface area contributed by atoms with E-state index in [9.17, 15) is 38.7 Å². The number of nitrogens with one attached hydrogen (secondary N) is 2. The van der Waals surface area contributed by atoms with E-state index in [0.717, 1.165) is 16.7 Å². The van der Waals surface area contributed by atoms with Gasteiger partial charge in [-0.3, -0.25) is 28.8 Å². The second-order valence-electron chi connectivity index (χ2n) is 16.8. The lowest BCUT2D eigenvalue weighted by Gasteiger charge is -2.25. The van der Waals surface area contributed by atoms with Crippen LogP contribution >= 0.6 is 0 Å². The first-order valence-corrected chi connectivity index (χ1v) is 23.4. The molecule has 69 heavy (non-hydrogen) atoms. The number of hydrogen-bond donors (Lipinski definition) is 3. The van der Waals surface area contributed by atoms with Crippen LogP contribution in [0.3, 0.4) is 0 Å². The van der Waals surface area contributed by atoms with E-state index in [-0.39, 0.29) is 88.5 Å². The number of Topliss-reactive ketones (excluding diaryl/α,β-unsaturated/α-hetero) is 3. The van der Waals surface area contributed by atoms with Crippen molar-refractivity contribution in [3.8, 4) is 5.75 Å². The normalized spacial score (nSPS) is 12.7. The first-order valence-electron chi connectivity index (χ1n) is 23.4. The molecule has 3 N–H and O–H groups in total. The third-order valence-corrected chi connectivity index (χ3v) is 11.2. The zero-order chi connectivity index (χ0) is 49.6. The number of phenols is 1. The average molecular weight is 951 g/mol. The van der Waals surface area contributed by atoms with Gasteiger partial charge in [0.2, 0.25) is 11.8 Å². The average Bonchev–Trinajstić information content (AvgIpc) is 3.35. The molecule has 0 aliphatic carbocycles. The zero-order valence-electron chi connectivity index (χ0n) is 39.6. The molecular weight excluding hydrogens is 885 g/mol. The Morgan fingerprint density at radius 2 is 1.00 bits per heavy atom. The Labute approximate surface area is 404 Å². The molecule has 0 saturated heterocycles. The van der Waals surface area contributed by atoms with Gasteiger partial charge < -0.3 is 44.2 Å². The molecule has 15 nitrogen and oxygen atoms in total. The van der Waals surface area contributed by atoms with Crippen molar-refractivity contribution in [1.29, 1.82) is 0 Å². The van der Waals surface area contributed by atoms with Gasteiger partial charge in [0.25, 0.3) is 0 Å². The summed E-state index contributed by atoms with van der Waals surface area (Å²) in [7, 11) is 1.58. The third kappa shape index (κ3) is 22.4. The van der Waals surface area contributed by atoms with Gasteiger partial charge >= 0.3 is 11.9 Å². The summed E-state index contributed by atoms with van der Waals surface area (Å²) in [5.41, 5.74) is 2.95. The Morgan fingerprint density at radius 1 is 0.507 bits per heavy atom.